The Balaban J connectivity index is 2.35. The second kappa shape index (κ2) is 4.57. The standard InChI is InChI=1S/C9H11ClN4O4S/c1-9(2-3-19(17,18)4-9)13-8-6(14(15)16)7(10)11-5-12-8/h5H,2-4H2,1H3,(H,11,12,13). The predicted octanol–water partition coefficient (Wildman–Crippen LogP) is 1.03. The van der Waals surface area contributed by atoms with Gasteiger partial charge in [-0.25, -0.2) is 18.4 Å². The van der Waals surface area contributed by atoms with Crippen LogP contribution in [0.15, 0.2) is 6.33 Å². The van der Waals surface area contributed by atoms with Crippen molar-refractivity contribution in [1.82, 2.24) is 9.97 Å². The maximum absolute atomic E-state index is 11.5. The van der Waals surface area contributed by atoms with E-state index in [1.54, 1.807) is 6.92 Å². The van der Waals surface area contributed by atoms with Crippen molar-refractivity contribution in [3.8, 4) is 0 Å². The summed E-state index contributed by atoms with van der Waals surface area (Å²) in [5, 5.41) is 13.5. The van der Waals surface area contributed by atoms with E-state index < -0.39 is 26.0 Å². The lowest BCUT2D eigenvalue weighted by Crippen LogP contribution is -2.36. The van der Waals surface area contributed by atoms with Crippen molar-refractivity contribution < 1.29 is 13.3 Å². The molecule has 19 heavy (non-hydrogen) atoms. The Kier molecular flexibility index (Phi) is 3.35. The van der Waals surface area contributed by atoms with Gasteiger partial charge < -0.3 is 5.32 Å². The Labute approximate surface area is 114 Å². The number of nitrogens with one attached hydrogen (secondary N) is 1. The van der Waals surface area contributed by atoms with Crippen LogP contribution in [0.25, 0.3) is 0 Å². The van der Waals surface area contributed by atoms with Crippen molar-refractivity contribution in [2.45, 2.75) is 18.9 Å². The van der Waals surface area contributed by atoms with E-state index >= 15 is 0 Å². The van der Waals surface area contributed by atoms with Crippen LogP contribution in [0.3, 0.4) is 0 Å². The van der Waals surface area contributed by atoms with E-state index in [1.165, 1.54) is 0 Å². The zero-order valence-corrected chi connectivity index (χ0v) is 11.5. The van der Waals surface area contributed by atoms with E-state index in [-0.39, 0.29) is 22.5 Å². The summed E-state index contributed by atoms with van der Waals surface area (Å²) < 4.78 is 23.0. The monoisotopic (exact) mass is 306 g/mol. The highest BCUT2D eigenvalue weighted by Gasteiger charge is 2.40. The number of halogens is 1. The van der Waals surface area contributed by atoms with Crippen LogP contribution in [-0.2, 0) is 9.84 Å². The van der Waals surface area contributed by atoms with Crippen LogP contribution >= 0.6 is 11.6 Å². The van der Waals surface area contributed by atoms with Gasteiger partial charge in [0.15, 0.2) is 9.84 Å². The lowest BCUT2D eigenvalue weighted by atomic mass is 10.0. The Bertz CT molecular complexity index is 635. The number of nitro groups is 1. The van der Waals surface area contributed by atoms with Crippen molar-refractivity contribution in [3.63, 3.8) is 0 Å². The van der Waals surface area contributed by atoms with Gasteiger partial charge >= 0.3 is 5.69 Å². The van der Waals surface area contributed by atoms with Crippen LogP contribution in [0, 0.1) is 10.1 Å². The average Bonchev–Trinajstić information content (AvgIpc) is 2.52. The van der Waals surface area contributed by atoms with Crippen LogP contribution in [-0.4, -0.2) is 40.4 Å². The molecule has 10 heteroatoms. The summed E-state index contributed by atoms with van der Waals surface area (Å²) in [5.41, 5.74) is -1.24. The molecule has 1 aromatic rings. The molecule has 2 heterocycles. The number of hydrogen-bond acceptors (Lipinski definition) is 7. The van der Waals surface area contributed by atoms with Gasteiger partial charge in [-0.15, -0.1) is 0 Å². The van der Waals surface area contributed by atoms with Crippen LogP contribution in [0.1, 0.15) is 13.3 Å². The molecular formula is C9H11ClN4O4S. The molecule has 2 rings (SSSR count). The molecule has 0 amide bonds. The van der Waals surface area contributed by atoms with Gasteiger partial charge in [-0.1, -0.05) is 11.6 Å². The van der Waals surface area contributed by atoms with Crippen molar-refractivity contribution in [2.75, 3.05) is 16.8 Å². The molecule has 1 aliphatic rings. The maximum atomic E-state index is 11.5. The third-order valence-corrected chi connectivity index (χ3v) is 5.06. The number of sulfone groups is 1. The van der Waals surface area contributed by atoms with Crippen LogP contribution in [0.4, 0.5) is 11.5 Å². The van der Waals surface area contributed by atoms with Gasteiger partial charge in [0.25, 0.3) is 0 Å². The molecule has 0 saturated carbocycles. The van der Waals surface area contributed by atoms with Gasteiger partial charge in [0.05, 0.1) is 22.0 Å². The summed E-state index contributed by atoms with van der Waals surface area (Å²) in [7, 11) is -3.13. The predicted molar refractivity (Wildman–Crippen MR) is 69.0 cm³/mol. The first kappa shape index (κ1) is 13.9. The fourth-order valence-corrected chi connectivity index (χ4v) is 4.30. The van der Waals surface area contributed by atoms with Crippen LogP contribution in [0.5, 0.6) is 0 Å². The molecule has 0 bridgehead atoms. The van der Waals surface area contributed by atoms with E-state index in [2.05, 4.69) is 15.3 Å². The first-order chi connectivity index (χ1) is 8.72. The Morgan fingerprint density at radius 1 is 1.53 bits per heavy atom. The number of hydrogen-bond donors (Lipinski definition) is 1. The summed E-state index contributed by atoms with van der Waals surface area (Å²) in [4.78, 5) is 17.5. The van der Waals surface area contributed by atoms with Crippen molar-refractivity contribution >= 4 is 32.9 Å². The first-order valence-corrected chi connectivity index (χ1v) is 7.56. The molecule has 1 aliphatic heterocycles. The molecule has 1 unspecified atom stereocenters. The van der Waals surface area contributed by atoms with E-state index in [0.717, 1.165) is 6.33 Å². The van der Waals surface area contributed by atoms with E-state index in [0.29, 0.717) is 6.42 Å². The Hall–Kier alpha value is -1.48. The molecule has 0 aliphatic carbocycles. The molecule has 0 radical (unpaired) electrons. The first-order valence-electron chi connectivity index (χ1n) is 5.36. The minimum atomic E-state index is -3.13. The summed E-state index contributed by atoms with van der Waals surface area (Å²) >= 11 is 5.66. The fourth-order valence-electron chi connectivity index (χ4n) is 2.01. The lowest BCUT2D eigenvalue weighted by molar-refractivity contribution is -0.384. The SMILES string of the molecule is CC1(Nc2ncnc(Cl)c2[N+](=O)[O-])CCS(=O)(=O)C1. The smallest absolute Gasteiger partial charge is 0.348 e. The molecule has 0 spiro atoms. The van der Waals surface area contributed by atoms with Gasteiger partial charge in [-0.05, 0) is 13.3 Å². The Morgan fingerprint density at radius 2 is 2.21 bits per heavy atom. The molecule has 0 aromatic carbocycles. The van der Waals surface area contributed by atoms with E-state index in [1.807, 2.05) is 0 Å². The topological polar surface area (TPSA) is 115 Å². The van der Waals surface area contributed by atoms with E-state index in [4.69, 9.17) is 11.6 Å². The summed E-state index contributed by atoms with van der Waals surface area (Å²) in [5.74, 6) is -0.119. The summed E-state index contributed by atoms with van der Waals surface area (Å²) in [6.07, 6.45) is 1.44. The minimum Gasteiger partial charge on any atom is -0.358 e. The van der Waals surface area contributed by atoms with Crippen molar-refractivity contribution in [3.05, 3.63) is 21.6 Å². The minimum absolute atomic E-state index is 0.0448. The zero-order valence-electron chi connectivity index (χ0n) is 9.96. The second-order valence-corrected chi connectivity index (χ2v) is 7.19. The number of aromatic nitrogens is 2. The van der Waals surface area contributed by atoms with Gasteiger partial charge in [0.2, 0.25) is 11.0 Å². The largest absolute Gasteiger partial charge is 0.358 e. The number of rotatable bonds is 3. The third-order valence-electron chi connectivity index (χ3n) is 2.88. The zero-order chi connectivity index (χ0) is 14.3. The third kappa shape index (κ3) is 2.92. The van der Waals surface area contributed by atoms with Crippen molar-refractivity contribution in [1.29, 1.82) is 0 Å². The number of nitrogens with zero attached hydrogens (tertiary/aromatic N) is 3. The molecule has 1 saturated heterocycles. The van der Waals surface area contributed by atoms with Gasteiger partial charge in [0, 0.05) is 0 Å². The summed E-state index contributed by atoms with van der Waals surface area (Å²) in [6.45, 7) is 1.68. The van der Waals surface area contributed by atoms with Gasteiger partial charge in [0.1, 0.15) is 6.33 Å². The summed E-state index contributed by atoms with van der Waals surface area (Å²) in [6, 6.07) is 0. The molecule has 1 atom stereocenters. The highest BCUT2D eigenvalue weighted by Crippen LogP contribution is 2.33. The molecule has 1 N–H and O–H groups in total. The number of anilines is 1. The van der Waals surface area contributed by atoms with Crippen LogP contribution in [0.2, 0.25) is 5.15 Å². The van der Waals surface area contributed by atoms with Crippen LogP contribution < -0.4 is 5.32 Å². The normalized spacial score (nSPS) is 25.2. The molecule has 104 valence electrons. The fraction of sp³-hybridized carbons (Fsp3) is 0.556. The molecule has 8 nitrogen and oxygen atoms in total. The quantitative estimate of drug-likeness (QED) is 0.503. The lowest BCUT2D eigenvalue weighted by Gasteiger charge is -2.24. The Morgan fingerprint density at radius 3 is 2.74 bits per heavy atom. The second-order valence-electron chi connectivity index (χ2n) is 4.65. The molecular weight excluding hydrogens is 296 g/mol. The molecule has 1 fully saturated rings. The van der Waals surface area contributed by atoms with Gasteiger partial charge in [-0.3, -0.25) is 10.1 Å². The van der Waals surface area contributed by atoms with E-state index in [9.17, 15) is 18.5 Å². The maximum Gasteiger partial charge on any atom is 0.348 e. The highest BCUT2D eigenvalue weighted by atomic mass is 35.5. The van der Waals surface area contributed by atoms with Crippen molar-refractivity contribution in [2.24, 2.45) is 0 Å². The molecule has 1 aromatic heterocycles. The highest BCUT2D eigenvalue weighted by molar-refractivity contribution is 7.91. The average molecular weight is 307 g/mol. The van der Waals surface area contributed by atoms with Gasteiger partial charge in [-0.2, -0.15) is 0 Å².